The Morgan fingerprint density at radius 2 is 1.89 bits per heavy atom. The summed E-state index contributed by atoms with van der Waals surface area (Å²) in [6, 6.07) is 7.43. The first-order valence-corrected chi connectivity index (χ1v) is 9.34. The quantitative estimate of drug-likeness (QED) is 0.317. The van der Waals surface area contributed by atoms with Crippen molar-refractivity contribution in [2.75, 3.05) is 10.6 Å². The van der Waals surface area contributed by atoms with Crippen molar-refractivity contribution < 1.29 is 28.0 Å². The van der Waals surface area contributed by atoms with E-state index in [1.165, 1.54) is 24.3 Å². The summed E-state index contributed by atoms with van der Waals surface area (Å²) in [5.41, 5.74) is 4.96. The van der Waals surface area contributed by atoms with Crippen LogP contribution in [-0.4, -0.2) is 36.4 Å². The molecular formula is C16H14N4O7S. The molecule has 2 atom stereocenters. The summed E-state index contributed by atoms with van der Waals surface area (Å²) in [5, 5.41) is 23.3. The normalized spacial score (nSPS) is 17.0. The smallest absolute Gasteiger partial charge is 0.336 e. The molecular weight excluding hydrogens is 392 g/mol. The monoisotopic (exact) mass is 406 g/mol. The number of nitrogens with two attached hydrogens (primary N) is 1. The van der Waals surface area contributed by atoms with E-state index < -0.39 is 43.7 Å². The topological polar surface area (TPSA) is 182 Å². The molecule has 0 fully saturated rings. The lowest BCUT2D eigenvalue weighted by molar-refractivity contribution is -0.384. The van der Waals surface area contributed by atoms with Crippen molar-refractivity contribution in [3.05, 3.63) is 58.1 Å². The Kier molecular flexibility index (Phi) is 4.75. The first kappa shape index (κ1) is 19.3. The minimum atomic E-state index is -4.16. The van der Waals surface area contributed by atoms with Gasteiger partial charge in [-0.2, -0.15) is 0 Å². The van der Waals surface area contributed by atoms with E-state index in [2.05, 4.69) is 10.6 Å². The minimum Gasteiger partial charge on any atom is -0.479 e. The molecule has 2 aromatic rings. The molecule has 1 aliphatic rings. The molecule has 0 bridgehead atoms. The molecule has 5 N–H and O–H groups in total. The van der Waals surface area contributed by atoms with Crippen LogP contribution in [0.15, 0.2) is 47.4 Å². The Morgan fingerprint density at radius 1 is 1.25 bits per heavy atom. The number of amides is 1. The number of nitro groups is 1. The fourth-order valence-electron chi connectivity index (χ4n) is 2.75. The third kappa shape index (κ3) is 3.25. The van der Waals surface area contributed by atoms with Crippen LogP contribution < -0.4 is 16.4 Å². The van der Waals surface area contributed by atoms with Crippen molar-refractivity contribution in [1.82, 2.24) is 0 Å². The van der Waals surface area contributed by atoms with Gasteiger partial charge in [-0.3, -0.25) is 14.9 Å². The SMILES string of the molecule is NC(c1cc([N+](=O)[O-])cc2c1NC(C(=O)O)C(=O)N2)S(=O)(=O)c1ccccc1. The van der Waals surface area contributed by atoms with Gasteiger partial charge in [-0.25, -0.2) is 13.2 Å². The first-order chi connectivity index (χ1) is 13.1. The Morgan fingerprint density at radius 3 is 2.46 bits per heavy atom. The van der Waals surface area contributed by atoms with Gasteiger partial charge in [-0.05, 0) is 12.1 Å². The molecule has 146 valence electrons. The van der Waals surface area contributed by atoms with Crippen molar-refractivity contribution in [3.8, 4) is 0 Å². The number of carboxylic acids is 1. The maximum absolute atomic E-state index is 12.9. The van der Waals surface area contributed by atoms with Gasteiger partial charge in [0.15, 0.2) is 9.84 Å². The second kappa shape index (κ2) is 6.90. The van der Waals surface area contributed by atoms with Crippen molar-refractivity contribution in [1.29, 1.82) is 0 Å². The predicted octanol–water partition coefficient (Wildman–Crippen LogP) is 0.843. The highest BCUT2D eigenvalue weighted by Crippen LogP contribution is 2.40. The molecule has 0 spiro atoms. The number of nitrogens with zero attached hydrogens (tertiary/aromatic N) is 1. The highest BCUT2D eigenvalue weighted by molar-refractivity contribution is 7.91. The minimum absolute atomic E-state index is 0.107. The summed E-state index contributed by atoms with van der Waals surface area (Å²) >= 11 is 0. The van der Waals surface area contributed by atoms with Crippen LogP contribution in [0, 0.1) is 10.1 Å². The van der Waals surface area contributed by atoms with Gasteiger partial charge in [0.1, 0.15) is 5.37 Å². The number of carboxylic acid groups (broad SMARTS) is 1. The molecule has 1 aliphatic heterocycles. The summed E-state index contributed by atoms with van der Waals surface area (Å²) in [4.78, 5) is 33.5. The number of hydrogen-bond acceptors (Lipinski definition) is 8. The van der Waals surface area contributed by atoms with Crippen LogP contribution in [0.4, 0.5) is 17.1 Å². The van der Waals surface area contributed by atoms with Crippen LogP contribution in [-0.2, 0) is 19.4 Å². The number of rotatable bonds is 5. The third-order valence-electron chi connectivity index (χ3n) is 4.13. The molecule has 12 heteroatoms. The maximum Gasteiger partial charge on any atom is 0.336 e. The van der Waals surface area contributed by atoms with Crippen LogP contribution in [0.1, 0.15) is 10.9 Å². The second-order valence-corrected chi connectivity index (χ2v) is 7.97. The number of aliphatic carboxylic acids is 1. The fourth-order valence-corrected chi connectivity index (χ4v) is 4.10. The molecule has 2 aromatic carbocycles. The van der Waals surface area contributed by atoms with E-state index >= 15 is 0 Å². The van der Waals surface area contributed by atoms with Gasteiger partial charge in [-0.15, -0.1) is 0 Å². The maximum atomic E-state index is 12.9. The van der Waals surface area contributed by atoms with Crippen LogP contribution in [0.3, 0.4) is 0 Å². The van der Waals surface area contributed by atoms with Crippen LogP contribution in [0.5, 0.6) is 0 Å². The largest absolute Gasteiger partial charge is 0.479 e. The number of non-ortho nitro benzene ring substituents is 1. The molecule has 0 radical (unpaired) electrons. The number of nitrogens with one attached hydrogen (secondary N) is 2. The lowest BCUT2D eigenvalue weighted by Crippen LogP contribution is -2.45. The average Bonchev–Trinajstić information content (AvgIpc) is 2.66. The van der Waals surface area contributed by atoms with E-state index in [-0.39, 0.29) is 21.8 Å². The standard InChI is InChI=1S/C16H14N4O7S/c17-14(28(26,27)9-4-2-1-3-5-9)10-6-8(20(24)25)7-11-12(10)19-13(16(22)23)15(21)18-11/h1-7,13-14,19H,17H2,(H,18,21)(H,22,23). The van der Waals surface area contributed by atoms with Crippen molar-refractivity contribution in [2.45, 2.75) is 16.3 Å². The summed E-state index contributed by atoms with van der Waals surface area (Å²) in [6.45, 7) is 0. The van der Waals surface area contributed by atoms with Crippen molar-refractivity contribution in [3.63, 3.8) is 0 Å². The summed E-state index contributed by atoms with van der Waals surface area (Å²) in [7, 11) is -4.16. The molecule has 11 nitrogen and oxygen atoms in total. The van der Waals surface area contributed by atoms with E-state index in [1.807, 2.05) is 0 Å². The lowest BCUT2D eigenvalue weighted by Gasteiger charge is -2.27. The number of anilines is 2. The molecule has 2 unspecified atom stereocenters. The Labute approximate surface area is 158 Å². The summed E-state index contributed by atoms with van der Waals surface area (Å²) in [6.07, 6.45) is 0. The van der Waals surface area contributed by atoms with Gasteiger partial charge in [0.25, 0.3) is 11.6 Å². The molecule has 3 rings (SSSR count). The van der Waals surface area contributed by atoms with E-state index in [1.54, 1.807) is 6.07 Å². The van der Waals surface area contributed by atoms with Gasteiger partial charge >= 0.3 is 5.97 Å². The van der Waals surface area contributed by atoms with E-state index in [4.69, 9.17) is 10.8 Å². The molecule has 1 heterocycles. The average molecular weight is 406 g/mol. The summed E-state index contributed by atoms with van der Waals surface area (Å²) in [5.74, 6) is -2.46. The van der Waals surface area contributed by atoms with Gasteiger partial charge in [0.2, 0.25) is 6.04 Å². The summed E-state index contributed by atoms with van der Waals surface area (Å²) < 4.78 is 25.7. The first-order valence-electron chi connectivity index (χ1n) is 7.80. The lowest BCUT2D eigenvalue weighted by atomic mass is 10.0. The number of nitro benzene ring substituents is 1. The van der Waals surface area contributed by atoms with Crippen LogP contribution in [0.2, 0.25) is 0 Å². The highest BCUT2D eigenvalue weighted by atomic mass is 32.2. The zero-order valence-corrected chi connectivity index (χ0v) is 14.8. The third-order valence-corrected chi connectivity index (χ3v) is 5.98. The van der Waals surface area contributed by atoms with Gasteiger partial charge in [-0.1, -0.05) is 18.2 Å². The molecule has 0 saturated heterocycles. The van der Waals surface area contributed by atoms with E-state index in [0.717, 1.165) is 12.1 Å². The molecule has 1 amide bonds. The number of fused-ring (bicyclic) bond motifs is 1. The Hall–Kier alpha value is -3.51. The Balaban J connectivity index is 2.19. The van der Waals surface area contributed by atoms with Gasteiger partial charge < -0.3 is 21.5 Å². The van der Waals surface area contributed by atoms with Gasteiger partial charge in [0.05, 0.1) is 21.2 Å². The Bertz CT molecular complexity index is 1090. The van der Waals surface area contributed by atoms with Crippen molar-refractivity contribution >= 4 is 38.8 Å². The van der Waals surface area contributed by atoms with E-state index in [9.17, 15) is 28.1 Å². The number of benzene rings is 2. The predicted molar refractivity (Wildman–Crippen MR) is 97.3 cm³/mol. The number of hydrogen-bond donors (Lipinski definition) is 4. The molecule has 0 saturated carbocycles. The number of sulfone groups is 1. The molecule has 0 aliphatic carbocycles. The number of carbonyl (C=O) groups is 2. The number of carbonyl (C=O) groups excluding carboxylic acids is 1. The van der Waals surface area contributed by atoms with Crippen molar-refractivity contribution in [2.24, 2.45) is 5.73 Å². The van der Waals surface area contributed by atoms with Crippen LogP contribution >= 0.6 is 0 Å². The van der Waals surface area contributed by atoms with Crippen LogP contribution in [0.25, 0.3) is 0 Å². The highest BCUT2D eigenvalue weighted by Gasteiger charge is 2.37. The fraction of sp³-hybridized carbons (Fsp3) is 0.125. The van der Waals surface area contributed by atoms with Gasteiger partial charge in [0, 0.05) is 17.7 Å². The second-order valence-electron chi connectivity index (χ2n) is 5.90. The molecule has 28 heavy (non-hydrogen) atoms. The zero-order valence-electron chi connectivity index (χ0n) is 14.0. The zero-order chi connectivity index (χ0) is 20.6. The molecule has 0 aromatic heterocycles. The van der Waals surface area contributed by atoms with E-state index in [0.29, 0.717) is 0 Å².